The second-order valence-corrected chi connectivity index (χ2v) is 7.67. The number of halogens is 2. The summed E-state index contributed by atoms with van der Waals surface area (Å²) in [5, 5.41) is 12.8. The molecule has 0 unspecified atom stereocenters. The fraction of sp³-hybridized carbons (Fsp3) is 0.0800. The standard InChI is InChI=1S/C25H19Cl2N3O2/c1-2-32-25(31)22-21(16-9-5-3-6-10-16)23(17-11-7-4-8-12-17)29-30-24(22)28-18-13-14-19(26)20(27)15-18/h3-15H,2H2,1H3,(H,28,30). The Labute approximate surface area is 196 Å². The minimum atomic E-state index is -0.499. The number of nitrogens with zero attached hydrogens (tertiary/aromatic N) is 2. The van der Waals surface area contributed by atoms with Crippen LogP contribution in [0.3, 0.4) is 0 Å². The molecule has 0 atom stereocenters. The van der Waals surface area contributed by atoms with E-state index in [1.807, 2.05) is 60.7 Å². The summed E-state index contributed by atoms with van der Waals surface area (Å²) in [7, 11) is 0. The van der Waals surface area contributed by atoms with Crippen molar-refractivity contribution in [2.75, 3.05) is 11.9 Å². The van der Waals surface area contributed by atoms with Gasteiger partial charge in [-0.15, -0.1) is 10.2 Å². The third kappa shape index (κ3) is 4.59. The SMILES string of the molecule is CCOC(=O)c1c(Nc2ccc(Cl)c(Cl)c2)nnc(-c2ccccc2)c1-c1ccccc1. The summed E-state index contributed by atoms with van der Waals surface area (Å²) >= 11 is 12.2. The molecule has 32 heavy (non-hydrogen) atoms. The van der Waals surface area contributed by atoms with E-state index in [-0.39, 0.29) is 18.0 Å². The Morgan fingerprint density at radius 1 is 0.875 bits per heavy atom. The van der Waals surface area contributed by atoms with E-state index < -0.39 is 5.97 Å². The lowest BCUT2D eigenvalue weighted by molar-refractivity contribution is 0.0528. The van der Waals surface area contributed by atoms with Gasteiger partial charge in [0.2, 0.25) is 0 Å². The molecule has 1 aromatic heterocycles. The quantitative estimate of drug-likeness (QED) is 0.310. The van der Waals surface area contributed by atoms with Crippen molar-refractivity contribution >= 4 is 40.7 Å². The van der Waals surface area contributed by atoms with Crippen molar-refractivity contribution in [1.29, 1.82) is 0 Å². The van der Waals surface area contributed by atoms with Crippen LogP contribution in [0.2, 0.25) is 10.0 Å². The number of hydrogen-bond donors (Lipinski definition) is 1. The van der Waals surface area contributed by atoms with Gasteiger partial charge in [0.25, 0.3) is 0 Å². The molecule has 0 aliphatic rings. The second kappa shape index (κ2) is 9.81. The number of aromatic nitrogens is 2. The van der Waals surface area contributed by atoms with Crippen LogP contribution in [-0.4, -0.2) is 22.8 Å². The lowest BCUT2D eigenvalue weighted by Crippen LogP contribution is -2.13. The highest BCUT2D eigenvalue weighted by molar-refractivity contribution is 6.42. The summed E-state index contributed by atoms with van der Waals surface area (Å²) in [5.41, 5.74) is 3.78. The first-order valence-corrected chi connectivity index (χ1v) is 10.7. The molecule has 4 aromatic rings. The van der Waals surface area contributed by atoms with Crippen molar-refractivity contribution in [3.05, 3.63) is 94.5 Å². The van der Waals surface area contributed by atoms with E-state index in [0.29, 0.717) is 27.0 Å². The van der Waals surface area contributed by atoms with Gasteiger partial charge >= 0.3 is 5.97 Å². The predicted octanol–water partition coefficient (Wildman–Crippen LogP) is 7.04. The molecule has 160 valence electrons. The molecule has 3 aromatic carbocycles. The number of carbonyl (C=O) groups is 1. The molecule has 0 amide bonds. The Morgan fingerprint density at radius 3 is 2.16 bits per heavy atom. The lowest BCUT2D eigenvalue weighted by atomic mass is 9.95. The Hall–Kier alpha value is -3.41. The van der Waals surface area contributed by atoms with Crippen LogP contribution in [0.5, 0.6) is 0 Å². The summed E-state index contributed by atoms with van der Waals surface area (Å²) in [6.07, 6.45) is 0. The van der Waals surface area contributed by atoms with Gasteiger partial charge in [0.1, 0.15) is 11.3 Å². The molecule has 5 nitrogen and oxygen atoms in total. The van der Waals surface area contributed by atoms with Crippen molar-refractivity contribution in [1.82, 2.24) is 10.2 Å². The summed E-state index contributed by atoms with van der Waals surface area (Å²) in [6, 6.07) is 24.3. The van der Waals surface area contributed by atoms with Gasteiger partial charge in [0.15, 0.2) is 5.82 Å². The first kappa shape index (κ1) is 21.8. The maximum Gasteiger partial charge on any atom is 0.342 e. The largest absolute Gasteiger partial charge is 0.462 e. The Bertz CT molecular complexity index is 1250. The molecule has 0 aliphatic heterocycles. The molecule has 0 fully saturated rings. The topological polar surface area (TPSA) is 64.1 Å². The zero-order chi connectivity index (χ0) is 22.5. The van der Waals surface area contributed by atoms with Gasteiger partial charge in [-0.2, -0.15) is 0 Å². The Morgan fingerprint density at radius 2 is 1.53 bits per heavy atom. The van der Waals surface area contributed by atoms with Crippen LogP contribution in [0.15, 0.2) is 78.9 Å². The monoisotopic (exact) mass is 463 g/mol. The van der Waals surface area contributed by atoms with E-state index in [9.17, 15) is 4.79 Å². The van der Waals surface area contributed by atoms with Crippen LogP contribution in [0, 0.1) is 0 Å². The van der Waals surface area contributed by atoms with E-state index in [1.165, 1.54) is 0 Å². The first-order chi connectivity index (χ1) is 15.6. The van der Waals surface area contributed by atoms with Gasteiger partial charge in [-0.05, 0) is 30.7 Å². The fourth-order valence-corrected chi connectivity index (χ4v) is 3.62. The zero-order valence-corrected chi connectivity index (χ0v) is 18.7. The summed E-state index contributed by atoms with van der Waals surface area (Å²) in [4.78, 5) is 13.2. The van der Waals surface area contributed by atoms with E-state index in [0.717, 1.165) is 11.1 Å². The third-order valence-electron chi connectivity index (χ3n) is 4.75. The van der Waals surface area contributed by atoms with E-state index >= 15 is 0 Å². The number of ether oxygens (including phenoxy) is 1. The van der Waals surface area contributed by atoms with E-state index in [1.54, 1.807) is 25.1 Å². The number of nitrogens with one attached hydrogen (secondary N) is 1. The average Bonchev–Trinajstić information content (AvgIpc) is 2.82. The number of rotatable bonds is 6. The second-order valence-electron chi connectivity index (χ2n) is 6.85. The molecule has 0 saturated heterocycles. The minimum Gasteiger partial charge on any atom is -0.462 e. The molecule has 1 heterocycles. The summed E-state index contributed by atoms with van der Waals surface area (Å²) in [5.74, 6) is -0.235. The van der Waals surface area contributed by atoms with Gasteiger partial charge in [0.05, 0.1) is 16.7 Å². The number of benzene rings is 3. The minimum absolute atomic E-state index is 0.224. The van der Waals surface area contributed by atoms with Gasteiger partial charge in [-0.25, -0.2) is 4.79 Å². The summed E-state index contributed by atoms with van der Waals surface area (Å²) < 4.78 is 5.41. The van der Waals surface area contributed by atoms with Crippen LogP contribution in [0.4, 0.5) is 11.5 Å². The molecule has 0 spiro atoms. The summed E-state index contributed by atoms with van der Waals surface area (Å²) in [6.45, 7) is 1.99. The van der Waals surface area contributed by atoms with E-state index in [4.69, 9.17) is 27.9 Å². The van der Waals surface area contributed by atoms with E-state index in [2.05, 4.69) is 15.5 Å². The molecule has 4 rings (SSSR count). The third-order valence-corrected chi connectivity index (χ3v) is 5.48. The molecule has 7 heteroatoms. The highest BCUT2D eigenvalue weighted by Crippen LogP contribution is 2.37. The number of carbonyl (C=O) groups excluding carboxylic acids is 1. The van der Waals surface area contributed by atoms with Crippen LogP contribution in [0.25, 0.3) is 22.4 Å². The van der Waals surface area contributed by atoms with Crippen molar-refractivity contribution < 1.29 is 9.53 Å². The molecule has 0 bridgehead atoms. The van der Waals surface area contributed by atoms with Gasteiger partial charge in [-0.3, -0.25) is 0 Å². The molecular formula is C25H19Cl2N3O2. The maximum atomic E-state index is 13.2. The molecule has 1 N–H and O–H groups in total. The van der Waals surface area contributed by atoms with Crippen molar-refractivity contribution in [3.8, 4) is 22.4 Å². The molecule has 0 radical (unpaired) electrons. The predicted molar refractivity (Wildman–Crippen MR) is 129 cm³/mol. The smallest absolute Gasteiger partial charge is 0.342 e. The highest BCUT2D eigenvalue weighted by Gasteiger charge is 2.25. The highest BCUT2D eigenvalue weighted by atomic mass is 35.5. The first-order valence-electron chi connectivity index (χ1n) is 9.99. The van der Waals surface area contributed by atoms with Crippen molar-refractivity contribution in [2.45, 2.75) is 6.92 Å². The van der Waals surface area contributed by atoms with Crippen LogP contribution in [0.1, 0.15) is 17.3 Å². The van der Waals surface area contributed by atoms with Crippen molar-refractivity contribution in [3.63, 3.8) is 0 Å². The van der Waals surface area contributed by atoms with Gasteiger partial charge in [0, 0.05) is 16.8 Å². The van der Waals surface area contributed by atoms with Crippen LogP contribution in [-0.2, 0) is 4.74 Å². The lowest BCUT2D eigenvalue weighted by Gasteiger charge is -2.17. The number of hydrogen-bond acceptors (Lipinski definition) is 5. The average molecular weight is 464 g/mol. The van der Waals surface area contributed by atoms with Gasteiger partial charge in [-0.1, -0.05) is 83.9 Å². The van der Waals surface area contributed by atoms with Crippen molar-refractivity contribution in [2.24, 2.45) is 0 Å². The van der Waals surface area contributed by atoms with Crippen LogP contribution >= 0.6 is 23.2 Å². The normalized spacial score (nSPS) is 10.6. The number of esters is 1. The fourth-order valence-electron chi connectivity index (χ4n) is 3.32. The van der Waals surface area contributed by atoms with Gasteiger partial charge < -0.3 is 10.1 Å². The van der Waals surface area contributed by atoms with Crippen LogP contribution < -0.4 is 5.32 Å². The number of anilines is 2. The maximum absolute atomic E-state index is 13.2. The Balaban J connectivity index is 1.96. The Kier molecular flexibility index (Phi) is 6.69. The molecule has 0 saturated carbocycles. The molecular weight excluding hydrogens is 445 g/mol. The molecule has 0 aliphatic carbocycles. The zero-order valence-electron chi connectivity index (χ0n) is 17.2.